The Kier molecular flexibility index (Phi) is 4.22. The van der Waals surface area contributed by atoms with Gasteiger partial charge in [0.05, 0.1) is 9.13 Å². The molecule has 0 aliphatic rings. The van der Waals surface area contributed by atoms with Crippen LogP contribution in [0.4, 0.5) is 26.3 Å². The molecule has 0 unspecified atom stereocenters. The highest BCUT2D eigenvalue weighted by molar-refractivity contribution is 14.1. The van der Waals surface area contributed by atoms with Crippen LogP contribution in [0.25, 0.3) is 0 Å². The molecule has 1 aromatic rings. The van der Waals surface area contributed by atoms with Crippen LogP contribution in [-0.4, -0.2) is 6.36 Å². The molecule has 1 rings (SSSR count). The fourth-order valence-corrected chi connectivity index (χ4v) is 2.09. The van der Waals surface area contributed by atoms with E-state index in [1.54, 1.807) is 0 Å². The second-order valence-electron chi connectivity index (χ2n) is 2.78. The molecule has 0 aliphatic heterocycles. The summed E-state index contributed by atoms with van der Waals surface area (Å²) in [5.41, 5.74) is -1.06. The molecule has 0 saturated carbocycles. The number of ether oxygens (including phenoxy) is 1. The normalized spacial score (nSPS) is 12.7. The van der Waals surface area contributed by atoms with E-state index in [1.165, 1.54) is 22.6 Å². The summed E-state index contributed by atoms with van der Waals surface area (Å²) in [6, 6.07) is 1.15. The maximum atomic E-state index is 12.4. The fraction of sp³-hybridized carbons (Fsp3) is 0.250. The van der Waals surface area contributed by atoms with Gasteiger partial charge in [-0.2, -0.15) is 13.2 Å². The first kappa shape index (κ1) is 14.9. The molecule has 9 heteroatoms. The summed E-state index contributed by atoms with van der Waals surface area (Å²) in [6.45, 7) is 0. The zero-order chi connectivity index (χ0) is 13.4. The Hall–Kier alpha value is -0.190. The van der Waals surface area contributed by atoms with Gasteiger partial charge in [0, 0.05) is 4.47 Å². The van der Waals surface area contributed by atoms with Gasteiger partial charge in [-0.25, -0.2) is 0 Å². The monoisotopic (exact) mass is 434 g/mol. The van der Waals surface area contributed by atoms with Crippen molar-refractivity contribution in [1.29, 1.82) is 0 Å². The van der Waals surface area contributed by atoms with Crippen LogP contribution < -0.4 is 4.74 Å². The van der Waals surface area contributed by atoms with Gasteiger partial charge in [-0.15, -0.1) is 13.2 Å². The molecule has 0 bridgehead atoms. The molecule has 0 saturated heterocycles. The van der Waals surface area contributed by atoms with Gasteiger partial charge in [0.15, 0.2) is 0 Å². The summed E-state index contributed by atoms with van der Waals surface area (Å²) in [6.07, 6.45) is -9.59. The van der Waals surface area contributed by atoms with Crippen LogP contribution >= 0.6 is 38.5 Å². The van der Waals surface area contributed by atoms with Crippen molar-refractivity contribution in [1.82, 2.24) is 0 Å². The van der Waals surface area contributed by atoms with E-state index in [0.29, 0.717) is 12.1 Å². The lowest BCUT2D eigenvalue weighted by Gasteiger charge is -2.15. The quantitative estimate of drug-likeness (QED) is 0.448. The van der Waals surface area contributed by atoms with Crippen molar-refractivity contribution in [3.8, 4) is 5.75 Å². The molecule has 0 spiro atoms. The van der Waals surface area contributed by atoms with Crippen LogP contribution in [0.15, 0.2) is 16.6 Å². The minimum Gasteiger partial charge on any atom is -0.405 e. The summed E-state index contributed by atoms with van der Waals surface area (Å²) in [5.74, 6) is -0.682. The number of alkyl halides is 6. The fourth-order valence-electron chi connectivity index (χ4n) is 0.954. The average Bonchev–Trinajstić information content (AvgIpc) is 2.08. The minimum atomic E-state index is -4.95. The summed E-state index contributed by atoms with van der Waals surface area (Å²) in [7, 11) is 0. The van der Waals surface area contributed by atoms with Crippen LogP contribution in [-0.2, 0) is 6.18 Å². The standard InChI is InChI=1S/C8H2BrF6IO/c9-5-3(7(10,11)12)1-2-4(6(5)16)17-8(13,14)15/h1-2H. The Balaban J connectivity index is 3.21. The molecule has 1 nitrogen and oxygen atoms in total. The van der Waals surface area contributed by atoms with Crippen LogP contribution in [0.2, 0.25) is 0 Å². The van der Waals surface area contributed by atoms with Crippen molar-refractivity contribution >= 4 is 38.5 Å². The van der Waals surface area contributed by atoms with Gasteiger partial charge in [-0.1, -0.05) is 0 Å². The van der Waals surface area contributed by atoms with Crippen molar-refractivity contribution in [2.24, 2.45) is 0 Å². The zero-order valence-corrected chi connectivity index (χ0v) is 11.3. The molecule has 0 N–H and O–H groups in total. The molecule has 0 atom stereocenters. The highest BCUT2D eigenvalue weighted by Gasteiger charge is 2.36. The van der Waals surface area contributed by atoms with Crippen LogP contribution in [0.1, 0.15) is 5.56 Å². The van der Waals surface area contributed by atoms with E-state index in [9.17, 15) is 26.3 Å². The topological polar surface area (TPSA) is 9.23 Å². The van der Waals surface area contributed by atoms with Gasteiger partial charge in [0.25, 0.3) is 0 Å². The predicted molar refractivity (Wildman–Crippen MR) is 58.5 cm³/mol. The summed E-state index contributed by atoms with van der Waals surface area (Å²) in [4.78, 5) is 0. The zero-order valence-electron chi connectivity index (χ0n) is 7.59. The number of rotatable bonds is 1. The van der Waals surface area contributed by atoms with Crippen molar-refractivity contribution in [3.63, 3.8) is 0 Å². The molecule has 1 aromatic carbocycles. The SMILES string of the molecule is FC(F)(F)Oc1ccc(C(F)(F)F)c(Br)c1I. The first-order chi connectivity index (χ1) is 7.52. The maximum absolute atomic E-state index is 12.4. The molecule has 0 heterocycles. The Labute approximate surface area is 113 Å². The van der Waals surface area contributed by atoms with Crippen LogP contribution in [0.5, 0.6) is 5.75 Å². The summed E-state index contributed by atoms with van der Waals surface area (Å²) >= 11 is 3.94. The second-order valence-corrected chi connectivity index (χ2v) is 4.66. The van der Waals surface area contributed by atoms with E-state index in [2.05, 4.69) is 20.7 Å². The summed E-state index contributed by atoms with van der Waals surface area (Å²) in [5, 5.41) is 0. The first-order valence-electron chi connectivity index (χ1n) is 3.83. The van der Waals surface area contributed by atoms with Gasteiger partial charge < -0.3 is 4.74 Å². The highest BCUT2D eigenvalue weighted by Crippen LogP contribution is 2.41. The van der Waals surface area contributed by atoms with Gasteiger partial charge >= 0.3 is 12.5 Å². The third-order valence-corrected chi connectivity index (χ3v) is 4.21. The van der Waals surface area contributed by atoms with E-state index in [-0.39, 0.29) is 3.57 Å². The third kappa shape index (κ3) is 3.90. The van der Waals surface area contributed by atoms with Crippen LogP contribution in [0, 0.1) is 3.57 Å². The van der Waals surface area contributed by atoms with Gasteiger partial charge in [0.1, 0.15) is 5.75 Å². The van der Waals surface area contributed by atoms with Gasteiger partial charge in [-0.05, 0) is 50.7 Å². The van der Waals surface area contributed by atoms with Crippen molar-refractivity contribution in [2.45, 2.75) is 12.5 Å². The average molecular weight is 435 g/mol. The molecule has 17 heavy (non-hydrogen) atoms. The smallest absolute Gasteiger partial charge is 0.405 e. The number of hydrogen-bond acceptors (Lipinski definition) is 1. The van der Waals surface area contributed by atoms with E-state index < -0.39 is 28.3 Å². The Morgan fingerprint density at radius 2 is 1.59 bits per heavy atom. The van der Waals surface area contributed by atoms with E-state index in [0.717, 1.165) is 0 Å². The molecule has 96 valence electrons. The lowest BCUT2D eigenvalue weighted by molar-refractivity contribution is -0.275. The minimum absolute atomic E-state index is 0.297. The Bertz CT molecular complexity index is 427. The Morgan fingerprint density at radius 1 is 1.06 bits per heavy atom. The molecule has 0 amide bonds. The lowest BCUT2D eigenvalue weighted by Crippen LogP contribution is -2.18. The Morgan fingerprint density at radius 3 is 2.00 bits per heavy atom. The van der Waals surface area contributed by atoms with Gasteiger partial charge in [0.2, 0.25) is 0 Å². The van der Waals surface area contributed by atoms with Crippen LogP contribution in [0.3, 0.4) is 0 Å². The maximum Gasteiger partial charge on any atom is 0.573 e. The molecule has 0 radical (unpaired) electrons. The summed E-state index contributed by atoms with van der Waals surface area (Å²) < 4.78 is 75.8. The largest absolute Gasteiger partial charge is 0.573 e. The van der Waals surface area contributed by atoms with Gasteiger partial charge in [-0.3, -0.25) is 0 Å². The molecular formula is C8H2BrF6IO. The van der Waals surface area contributed by atoms with E-state index >= 15 is 0 Å². The van der Waals surface area contributed by atoms with E-state index in [1.807, 2.05) is 0 Å². The molecule has 0 aliphatic carbocycles. The van der Waals surface area contributed by atoms with Crippen molar-refractivity contribution in [3.05, 3.63) is 25.7 Å². The first-order valence-corrected chi connectivity index (χ1v) is 5.70. The predicted octanol–water partition coefficient (Wildman–Crippen LogP) is 4.97. The number of benzene rings is 1. The lowest BCUT2D eigenvalue weighted by atomic mass is 10.2. The number of hydrogen-bond donors (Lipinski definition) is 0. The van der Waals surface area contributed by atoms with Crippen molar-refractivity contribution < 1.29 is 31.1 Å². The third-order valence-electron chi connectivity index (χ3n) is 1.58. The number of halogens is 8. The molecule has 0 fully saturated rings. The molecule has 0 aromatic heterocycles. The van der Waals surface area contributed by atoms with Crippen molar-refractivity contribution in [2.75, 3.05) is 0 Å². The second kappa shape index (κ2) is 4.82. The highest BCUT2D eigenvalue weighted by atomic mass is 127. The molecular weight excluding hydrogens is 433 g/mol. The van der Waals surface area contributed by atoms with E-state index in [4.69, 9.17) is 0 Å².